The molecule has 0 aromatic rings. The number of rotatable bonds is 7. The van der Waals surface area contributed by atoms with Gasteiger partial charge < -0.3 is 25.0 Å². The van der Waals surface area contributed by atoms with Crippen LogP contribution >= 0.6 is 0 Å². The highest BCUT2D eigenvalue weighted by Crippen LogP contribution is 2.23. The van der Waals surface area contributed by atoms with Gasteiger partial charge in [-0.2, -0.15) is 0 Å². The molecule has 1 aliphatic rings. The molecule has 0 aromatic carbocycles. The fourth-order valence-electron chi connectivity index (χ4n) is 1.34. The van der Waals surface area contributed by atoms with Crippen molar-refractivity contribution in [3.05, 3.63) is 0 Å². The van der Waals surface area contributed by atoms with Crippen molar-refractivity contribution in [2.75, 3.05) is 6.61 Å². The SMILES string of the molecule is CCOC(=O)C1OC1C(=O)N[C@@H](CC(=O)O)C(=O)O. The smallest absolute Gasteiger partial charge is 0.338 e. The number of carboxylic acid groups (broad SMARTS) is 2. The number of ether oxygens (including phenoxy) is 2. The lowest BCUT2D eigenvalue weighted by atomic mass is 10.2. The second kappa shape index (κ2) is 6.14. The van der Waals surface area contributed by atoms with Crippen LogP contribution in [0.25, 0.3) is 0 Å². The highest BCUT2D eigenvalue weighted by molar-refractivity contribution is 5.95. The van der Waals surface area contributed by atoms with E-state index in [0.717, 1.165) is 0 Å². The number of esters is 1. The van der Waals surface area contributed by atoms with E-state index in [-0.39, 0.29) is 6.61 Å². The first-order valence-electron chi connectivity index (χ1n) is 5.43. The fraction of sp³-hybridized carbons (Fsp3) is 0.600. The zero-order chi connectivity index (χ0) is 14.6. The summed E-state index contributed by atoms with van der Waals surface area (Å²) in [6, 6.07) is -1.57. The van der Waals surface area contributed by atoms with Gasteiger partial charge >= 0.3 is 17.9 Å². The number of hydrogen-bond donors (Lipinski definition) is 3. The molecule has 3 atom stereocenters. The Morgan fingerprint density at radius 1 is 1.26 bits per heavy atom. The Kier molecular flexibility index (Phi) is 4.81. The highest BCUT2D eigenvalue weighted by atomic mass is 16.6. The molecule has 1 amide bonds. The Bertz CT molecular complexity index is 406. The van der Waals surface area contributed by atoms with E-state index in [9.17, 15) is 19.2 Å². The predicted octanol–water partition coefficient (Wildman–Crippen LogP) is -1.64. The summed E-state index contributed by atoms with van der Waals surface area (Å²) in [5.74, 6) is -4.42. The molecule has 0 spiro atoms. The number of carboxylic acids is 2. The van der Waals surface area contributed by atoms with Crippen molar-refractivity contribution in [1.29, 1.82) is 0 Å². The van der Waals surface area contributed by atoms with Crippen molar-refractivity contribution in [1.82, 2.24) is 5.32 Å². The van der Waals surface area contributed by atoms with Gasteiger partial charge in [-0.15, -0.1) is 0 Å². The minimum atomic E-state index is -1.57. The molecule has 19 heavy (non-hydrogen) atoms. The molecule has 1 fully saturated rings. The molecule has 0 aliphatic carbocycles. The maximum atomic E-state index is 11.5. The number of amides is 1. The van der Waals surface area contributed by atoms with Crippen molar-refractivity contribution >= 4 is 23.8 Å². The topological polar surface area (TPSA) is 143 Å². The van der Waals surface area contributed by atoms with E-state index < -0.39 is 48.5 Å². The molecule has 106 valence electrons. The van der Waals surface area contributed by atoms with E-state index in [1.807, 2.05) is 5.32 Å². The van der Waals surface area contributed by atoms with Crippen molar-refractivity contribution in [2.24, 2.45) is 0 Å². The Morgan fingerprint density at radius 3 is 2.37 bits per heavy atom. The summed E-state index contributed by atoms with van der Waals surface area (Å²) in [7, 11) is 0. The number of nitrogens with one attached hydrogen (secondary N) is 1. The van der Waals surface area contributed by atoms with Crippen LogP contribution in [0.15, 0.2) is 0 Å². The zero-order valence-corrected chi connectivity index (χ0v) is 9.99. The van der Waals surface area contributed by atoms with E-state index in [4.69, 9.17) is 14.9 Å². The number of carbonyl (C=O) groups is 4. The van der Waals surface area contributed by atoms with Gasteiger partial charge in [0.25, 0.3) is 5.91 Å². The molecule has 1 heterocycles. The van der Waals surface area contributed by atoms with Crippen LogP contribution in [0.4, 0.5) is 0 Å². The fourth-order valence-corrected chi connectivity index (χ4v) is 1.34. The third-order valence-corrected chi connectivity index (χ3v) is 2.26. The summed E-state index contributed by atoms with van der Waals surface area (Å²) in [6.07, 6.45) is -2.95. The summed E-state index contributed by atoms with van der Waals surface area (Å²) in [5.41, 5.74) is 0. The van der Waals surface area contributed by atoms with Crippen LogP contribution in [0, 0.1) is 0 Å². The van der Waals surface area contributed by atoms with E-state index in [2.05, 4.69) is 4.74 Å². The summed E-state index contributed by atoms with van der Waals surface area (Å²) >= 11 is 0. The van der Waals surface area contributed by atoms with Crippen molar-refractivity contribution in [3.63, 3.8) is 0 Å². The molecule has 9 nitrogen and oxygen atoms in total. The van der Waals surface area contributed by atoms with Gasteiger partial charge in [0.1, 0.15) is 6.04 Å². The van der Waals surface area contributed by atoms with Gasteiger partial charge in [-0.25, -0.2) is 9.59 Å². The molecule has 0 saturated carbocycles. The van der Waals surface area contributed by atoms with E-state index >= 15 is 0 Å². The normalized spacial score (nSPS) is 22.2. The average Bonchev–Trinajstić information content (AvgIpc) is 3.07. The van der Waals surface area contributed by atoms with Gasteiger partial charge in [-0.1, -0.05) is 0 Å². The molecule has 0 bridgehead atoms. The Hall–Kier alpha value is -2.16. The van der Waals surface area contributed by atoms with Crippen LogP contribution < -0.4 is 5.32 Å². The summed E-state index contributed by atoms with van der Waals surface area (Å²) in [4.78, 5) is 43.8. The maximum absolute atomic E-state index is 11.5. The lowest BCUT2D eigenvalue weighted by molar-refractivity contribution is -0.147. The van der Waals surface area contributed by atoms with Gasteiger partial charge in [-0.05, 0) is 6.92 Å². The lowest BCUT2D eigenvalue weighted by Crippen LogP contribution is -2.44. The molecule has 1 rings (SSSR count). The summed E-state index contributed by atoms with van der Waals surface area (Å²) in [6.45, 7) is 1.71. The van der Waals surface area contributed by atoms with Crippen LogP contribution in [0.3, 0.4) is 0 Å². The first kappa shape index (κ1) is 14.9. The molecule has 1 aliphatic heterocycles. The van der Waals surface area contributed by atoms with Gasteiger partial charge in [-0.3, -0.25) is 9.59 Å². The van der Waals surface area contributed by atoms with Gasteiger partial charge in [0.05, 0.1) is 13.0 Å². The van der Waals surface area contributed by atoms with Crippen molar-refractivity contribution < 1.29 is 38.9 Å². The molecular weight excluding hydrogens is 262 g/mol. The summed E-state index contributed by atoms with van der Waals surface area (Å²) < 4.78 is 9.36. The second-order valence-corrected chi connectivity index (χ2v) is 3.73. The third kappa shape index (κ3) is 4.21. The number of hydrogen-bond acceptors (Lipinski definition) is 6. The zero-order valence-electron chi connectivity index (χ0n) is 9.99. The first-order valence-corrected chi connectivity index (χ1v) is 5.43. The number of epoxide rings is 1. The Labute approximate surface area is 107 Å². The highest BCUT2D eigenvalue weighted by Gasteiger charge is 2.52. The standard InChI is InChI=1S/C10H13NO8/c1-2-18-10(17)7-6(19-7)8(14)11-4(9(15)16)3-5(12)13/h4,6-7H,2-3H2,1H3,(H,11,14)(H,12,13)(H,15,16)/t4-,6?,7?/m0/s1. The van der Waals surface area contributed by atoms with E-state index in [1.54, 1.807) is 6.92 Å². The lowest BCUT2D eigenvalue weighted by Gasteiger charge is -2.10. The predicted molar refractivity (Wildman–Crippen MR) is 57.1 cm³/mol. The average molecular weight is 275 g/mol. The van der Waals surface area contributed by atoms with Crippen LogP contribution in [0.5, 0.6) is 0 Å². The van der Waals surface area contributed by atoms with Crippen LogP contribution in [0.2, 0.25) is 0 Å². The van der Waals surface area contributed by atoms with Crippen LogP contribution in [0.1, 0.15) is 13.3 Å². The molecule has 0 radical (unpaired) electrons. The third-order valence-electron chi connectivity index (χ3n) is 2.26. The minimum Gasteiger partial charge on any atom is -0.481 e. The van der Waals surface area contributed by atoms with E-state index in [0.29, 0.717) is 0 Å². The molecule has 9 heteroatoms. The molecular formula is C10H13NO8. The van der Waals surface area contributed by atoms with Crippen LogP contribution in [-0.2, 0) is 28.7 Å². The van der Waals surface area contributed by atoms with Crippen molar-refractivity contribution in [3.8, 4) is 0 Å². The minimum absolute atomic E-state index is 0.129. The van der Waals surface area contributed by atoms with Gasteiger partial charge in [0.15, 0.2) is 12.2 Å². The number of aliphatic carboxylic acids is 2. The van der Waals surface area contributed by atoms with E-state index in [1.165, 1.54) is 0 Å². The van der Waals surface area contributed by atoms with Gasteiger partial charge in [0, 0.05) is 0 Å². The first-order chi connectivity index (χ1) is 8.86. The molecule has 1 saturated heterocycles. The maximum Gasteiger partial charge on any atom is 0.338 e. The van der Waals surface area contributed by atoms with Crippen molar-refractivity contribution in [2.45, 2.75) is 31.6 Å². The monoisotopic (exact) mass is 275 g/mol. The summed E-state index contributed by atoms with van der Waals surface area (Å²) in [5, 5.41) is 19.2. The Morgan fingerprint density at radius 2 is 1.89 bits per heavy atom. The second-order valence-electron chi connectivity index (χ2n) is 3.73. The molecule has 0 aromatic heterocycles. The quantitative estimate of drug-likeness (QED) is 0.371. The Balaban J connectivity index is 2.49. The number of carbonyl (C=O) groups excluding carboxylic acids is 2. The van der Waals surface area contributed by atoms with Gasteiger partial charge in [0.2, 0.25) is 0 Å². The van der Waals surface area contributed by atoms with Crippen LogP contribution in [-0.4, -0.2) is 58.9 Å². The molecule has 3 N–H and O–H groups in total. The molecule has 2 unspecified atom stereocenters. The largest absolute Gasteiger partial charge is 0.481 e.